The van der Waals surface area contributed by atoms with E-state index < -0.39 is 0 Å². The first-order valence-electron chi connectivity index (χ1n) is 6.56. The van der Waals surface area contributed by atoms with Crippen molar-refractivity contribution in [1.82, 2.24) is 15.2 Å². The number of carbonyl (C=O) groups is 1. The van der Waals surface area contributed by atoms with Crippen molar-refractivity contribution in [3.8, 4) is 0 Å². The maximum absolute atomic E-state index is 12.3. The van der Waals surface area contributed by atoms with Crippen LogP contribution in [0, 0.1) is 13.8 Å². The molecule has 0 aromatic carbocycles. The van der Waals surface area contributed by atoms with Crippen LogP contribution in [0.15, 0.2) is 11.4 Å². The van der Waals surface area contributed by atoms with Gasteiger partial charge in [-0.1, -0.05) is 20.8 Å². The number of aromatic nitrogens is 3. The highest BCUT2D eigenvalue weighted by atomic mass is 32.1. The lowest BCUT2D eigenvalue weighted by Crippen LogP contribution is -2.12. The lowest BCUT2D eigenvalue weighted by Gasteiger charge is -2.14. The molecule has 20 heavy (non-hydrogen) atoms. The highest BCUT2D eigenvalue weighted by Gasteiger charge is 2.19. The Bertz CT molecular complexity index is 641. The van der Waals surface area contributed by atoms with Crippen molar-refractivity contribution >= 4 is 17.1 Å². The van der Waals surface area contributed by atoms with Crippen LogP contribution in [0.1, 0.15) is 53.2 Å². The molecule has 5 heteroatoms. The molecule has 0 unspecified atom stereocenters. The van der Waals surface area contributed by atoms with Crippen LogP contribution >= 0.6 is 11.3 Å². The van der Waals surface area contributed by atoms with Crippen LogP contribution in [0.3, 0.4) is 0 Å². The maximum Gasteiger partial charge on any atom is 0.171 e. The summed E-state index contributed by atoms with van der Waals surface area (Å²) < 4.78 is 0. The molecule has 0 aliphatic heterocycles. The topological polar surface area (TPSA) is 55.7 Å². The molecule has 0 radical (unpaired) electrons. The minimum Gasteiger partial charge on any atom is -0.294 e. The Kier molecular flexibility index (Phi) is 3.99. The zero-order valence-corrected chi connectivity index (χ0v) is 13.3. The zero-order valence-electron chi connectivity index (χ0n) is 12.5. The number of Topliss-reactive ketones (excluding diaryl/α,β-unsaturated/α-hetero) is 1. The summed E-state index contributed by atoms with van der Waals surface area (Å²) in [4.78, 5) is 16.9. The molecule has 4 nitrogen and oxygen atoms in total. The second-order valence-electron chi connectivity index (χ2n) is 5.96. The fourth-order valence-electron chi connectivity index (χ4n) is 1.80. The number of hydrogen-bond donors (Lipinski definition) is 0. The summed E-state index contributed by atoms with van der Waals surface area (Å²) >= 11 is 1.54. The van der Waals surface area contributed by atoms with E-state index in [4.69, 9.17) is 0 Å². The van der Waals surface area contributed by atoms with Gasteiger partial charge < -0.3 is 0 Å². The Morgan fingerprint density at radius 2 is 1.95 bits per heavy atom. The van der Waals surface area contributed by atoms with Crippen LogP contribution in [0.4, 0.5) is 0 Å². The van der Waals surface area contributed by atoms with E-state index in [0.717, 1.165) is 16.4 Å². The summed E-state index contributed by atoms with van der Waals surface area (Å²) in [7, 11) is 0. The third-order valence-electron chi connectivity index (χ3n) is 3.03. The summed E-state index contributed by atoms with van der Waals surface area (Å²) in [5.74, 6) is 0.0512. The number of ketones is 1. The molecule has 0 aliphatic rings. The van der Waals surface area contributed by atoms with E-state index in [2.05, 4.69) is 36.0 Å². The van der Waals surface area contributed by atoms with Crippen LogP contribution in [-0.2, 0) is 11.8 Å². The number of carbonyl (C=O) groups excluding carboxylic acids is 1. The Morgan fingerprint density at radius 3 is 2.55 bits per heavy atom. The van der Waals surface area contributed by atoms with Gasteiger partial charge in [0.1, 0.15) is 5.01 Å². The van der Waals surface area contributed by atoms with Crippen LogP contribution in [0.2, 0.25) is 0 Å². The average Bonchev–Trinajstić information content (AvgIpc) is 2.80. The first-order valence-corrected chi connectivity index (χ1v) is 7.44. The van der Waals surface area contributed by atoms with Crippen molar-refractivity contribution in [2.75, 3.05) is 0 Å². The largest absolute Gasteiger partial charge is 0.294 e. The second-order valence-corrected chi connectivity index (χ2v) is 6.90. The van der Waals surface area contributed by atoms with E-state index in [0.29, 0.717) is 17.7 Å². The SMILES string of the molecule is Cc1cc(C(=O)Cc2nc(C(C)(C)C)cs2)c(C)nn1. The summed E-state index contributed by atoms with van der Waals surface area (Å²) in [6, 6.07) is 1.79. The molecule has 2 rings (SSSR count). The predicted octanol–water partition coefficient (Wildman–Crippen LogP) is 3.27. The predicted molar refractivity (Wildman–Crippen MR) is 80.4 cm³/mol. The molecule has 106 valence electrons. The summed E-state index contributed by atoms with van der Waals surface area (Å²) in [6.45, 7) is 10.0. The average molecular weight is 289 g/mol. The van der Waals surface area contributed by atoms with Crippen molar-refractivity contribution in [2.45, 2.75) is 46.5 Å². The molecular formula is C15H19N3OS. The summed E-state index contributed by atoms with van der Waals surface area (Å²) in [6.07, 6.45) is 0.326. The molecule has 0 N–H and O–H groups in total. The Morgan fingerprint density at radius 1 is 1.25 bits per heavy atom. The van der Waals surface area contributed by atoms with Crippen LogP contribution in [0.25, 0.3) is 0 Å². The number of aryl methyl sites for hydroxylation is 2. The van der Waals surface area contributed by atoms with Gasteiger partial charge in [-0.3, -0.25) is 4.79 Å². The number of rotatable bonds is 3. The minimum absolute atomic E-state index is 0.0164. The summed E-state index contributed by atoms with van der Waals surface area (Å²) in [5, 5.41) is 10.8. The van der Waals surface area contributed by atoms with Crippen LogP contribution in [-0.4, -0.2) is 21.0 Å². The standard InChI is InChI=1S/C15H19N3OS/c1-9-6-11(10(2)18-17-9)12(19)7-14-16-13(8-20-14)15(3,4)5/h6,8H,7H2,1-5H3. The number of thiazole rings is 1. The van der Waals surface area contributed by atoms with Gasteiger partial charge >= 0.3 is 0 Å². The normalized spacial score (nSPS) is 11.7. The van der Waals surface area contributed by atoms with Gasteiger partial charge in [0.05, 0.1) is 23.5 Å². The molecule has 0 saturated heterocycles. The first kappa shape index (κ1) is 14.8. The maximum atomic E-state index is 12.3. The van der Waals surface area contributed by atoms with E-state index in [1.807, 2.05) is 19.2 Å². The third kappa shape index (κ3) is 3.28. The van der Waals surface area contributed by atoms with Crippen LogP contribution in [0.5, 0.6) is 0 Å². The van der Waals surface area contributed by atoms with Crippen molar-refractivity contribution < 1.29 is 4.79 Å². The van der Waals surface area contributed by atoms with Crippen molar-refractivity contribution in [3.05, 3.63) is 39.1 Å². The number of hydrogen-bond acceptors (Lipinski definition) is 5. The Balaban J connectivity index is 2.20. The molecule has 2 heterocycles. The van der Waals surface area contributed by atoms with E-state index >= 15 is 0 Å². The molecule has 0 saturated carbocycles. The highest BCUT2D eigenvalue weighted by Crippen LogP contribution is 2.24. The first-order chi connectivity index (χ1) is 9.27. The second kappa shape index (κ2) is 5.40. The molecule has 0 bridgehead atoms. The molecular weight excluding hydrogens is 270 g/mol. The van der Waals surface area contributed by atoms with E-state index in [-0.39, 0.29) is 11.2 Å². The van der Waals surface area contributed by atoms with E-state index in [1.54, 1.807) is 17.4 Å². The minimum atomic E-state index is 0.0164. The molecule has 0 fully saturated rings. The Labute approximate surface area is 123 Å². The van der Waals surface area contributed by atoms with Crippen LogP contribution < -0.4 is 0 Å². The summed E-state index contributed by atoms with van der Waals surface area (Å²) in [5.41, 5.74) is 3.13. The molecule has 2 aromatic rings. The van der Waals surface area contributed by atoms with Crippen molar-refractivity contribution in [1.29, 1.82) is 0 Å². The molecule has 2 aromatic heterocycles. The fraction of sp³-hybridized carbons (Fsp3) is 0.467. The lowest BCUT2D eigenvalue weighted by atomic mass is 9.93. The van der Waals surface area contributed by atoms with Gasteiger partial charge in [0.2, 0.25) is 0 Å². The van der Waals surface area contributed by atoms with E-state index in [1.165, 1.54) is 0 Å². The van der Waals surface area contributed by atoms with Gasteiger partial charge in [0.15, 0.2) is 5.78 Å². The van der Waals surface area contributed by atoms with Crippen molar-refractivity contribution in [2.24, 2.45) is 0 Å². The quantitative estimate of drug-likeness (QED) is 0.814. The van der Waals surface area contributed by atoms with Gasteiger partial charge in [-0.05, 0) is 19.9 Å². The monoisotopic (exact) mass is 289 g/mol. The smallest absolute Gasteiger partial charge is 0.171 e. The van der Waals surface area contributed by atoms with Crippen molar-refractivity contribution in [3.63, 3.8) is 0 Å². The lowest BCUT2D eigenvalue weighted by molar-refractivity contribution is 0.0991. The van der Waals surface area contributed by atoms with Gasteiger partial charge in [-0.25, -0.2) is 4.98 Å². The van der Waals surface area contributed by atoms with E-state index in [9.17, 15) is 4.79 Å². The van der Waals surface area contributed by atoms with Gasteiger partial charge in [-0.15, -0.1) is 11.3 Å². The van der Waals surface area contributed by atoms with Gasteiger partial charge in [-0.2, -0.15) is 10.2 Å². The Hall–Kier alpha value is -1.62. The molecule has 0 atom stereocenters. The zero-order chi connectivity index (χ0) is 14.9. The molecule has 0 amide bonds. The van der Waals surface area contributed by atoms with Gasteiger partial charge in [0, 0.05) is 16.4 Å². The fourth-order valence-corrected chi connectivity index (χ4v) is 2.82. The third-order valence-corrected chi connectivity index (χ3v) is 3.88. The molecule has 0 spiro atoms. The molecule has 0 aliphatic carbocycles. The van der Waals surface area contributed by atoms with Gasteiger partial charge in [0.25, 0.3) is 0 Å². The highest BCUT2D eigenvalue weighted by molar-refractivity contribution is 7.09. The number of nitrogens with zero attached hydrogens (tertiary/aromatic N) is 3.